The summed E-state index contributed by atoms with van der Waals surface area (Å²) in [5.41, 5.74) is 0.0845. The number of nitriles is 1. The third-order valence-electron chi connectivity index (χ3n) is 3.10. The van der Waals surface area contributed by atoms with Gasteiger partial charge in [-0.05, 0) is 5.41 Å². The van der Waals surface area contributed by atoms with Crippen LogP contribution in [0.1, 0.15) is 20.3 Å². The van der Waals surface area contributed by atoms with Gasteiger partial charge in [-0.15, -0.1) is 0 Å². The van der Waals surface area contributed by atoms with Crippen LogP contribution in [0.2, 0.25) is 0 Å². The molecular formula is C11H18N2O2. The van der Waals surface area contributed by atoms with Crippen molar-refractivity contribution in [3.8, 4) is 6.07 Å². The van der Waals surface area contributed by atoms with Crippen LogP contribution in [0.3, 0.4) is 0 Å². The predicted molar refractivity (Wildman–Crippen MR) is 56.0 cm³/mol. The molecule has 1 saturated heterocycles. The van der Waals surface area contributed by atoms with E-state index in [2.05, 4.69) is 13.8 Å². The number of hydrogen-bond acceptors (Lipinski definition) is 3. The molecule has 0 aromatic carbocycles. The Morgan fingerprint density at radius 1 is 1.67 bits per heavy atom. The molecule has 0 spiro atoms. The molecule has 15 heavy (non-hydrogen) atoms. The molecule has 1 heterocycles. The minimum Gasteiger partial charge on any atom is -0.384 e. The van der Waals surface area contributed by atoms with E-state index in [4.69, 9.17) is 10.00 Å². The Kier molecular flexibility index (Phi) is 3.70. The fourth-order valence-corrected chi connectivity index (χ4v) is 2.05. The van der Waals surface area contributed by atoms with Gasteiger partial charge in [0, 0.05) is 26.1 Å². The Morgan fingerprint density at radius 3 is 2.87 bits per heavy atom. The molecule has 1 amide bonds. The summed E-state index contributed by atoms with van der Waals surface area (Å²) >= 11 is 0. The Balaban J connectivity index is 2.62. The van der Waals surface area contributed by atoms with Crippen LogP contribution < -0.4 is 0 Å². The predicted octanol–water partition coefficient (Wildman–Crippen LogP) is 1.03. The zero-order valence-corrected chi connectivity index (χ0v) is 9.62. The van der Waals surface area contributed by atoms with Crippen LogP contribution in [0.15, 0.2) is 0 Å². The van der Waals surface area contributed by atoms with Crippen molar-refractivity contribution in [1.29, 1.82) is 5.26 Å². The molecule has 0 aliphatic carbocycles. The summed E-state index contributed by atoms with van der Waals surface area (Å²) in [6, 6.07) is 1.90. The molecular weight excluding hydrogens is 192 g/mol. The SMILES string of the molecule is COCC1CN(C(=O)CC#N)CC1(C)C. The lowest BCUT2D eigenvalue weighted by Gasteiger charge is -2.24. The van der Waals surface area contributed by atoms with Crippen molar-refractivity contribution in [3.05, 3.63) is 0 Å². The normalized spacial score (nSPS) is 23.9. The monoisotopic (exact) mass is 210 g/mol. The molecule has 0 N–H and O–H groups in total. The Morgan fingerprint density at radius 2 is 2.33 bits per heavy atom. The molecule has 84 valence electrons. The second-order valence-electron chi connectivity index (χ2n) is 4.75. The van der Waals surface area contributed by atoms with Crippen LogP contribution in [0, 0.1) is 22.7 Å². The maximum atomic E-state index is 11.5. The van der Waals surface area contributed by atoms with Gasteiger partial charge in [0.1, 0.15) is 6.42 Å². The van der Waals surface area contributed by atoms with E-state index >= 15 is 0 Å². The molecule has 0 saturated carbocycles. The van der Waals surface area contributed by atoms with Crippen molar-refractivity contribution in [3.63, 3.8) is 0 Å². The highest BCUT2D eigenvalue weighted by Gasteiger charge is 2.40. The van der Waals surface area contributed by atoms with Crippen molar-refractivity contribution in [2.45, 2.75) is 20.3 Å². The molecule has 4 nitrogen and oxygen atoms in total. The first-order valence-electron chi connectivity index (χ1n) is 5.15. The summed E-state index contributed by atoms with van der Waals surface area (Å²) in [5, 5.41) is 8.47. The Bertz CT molecular complexity index is 281. The van der Waals surface area contributed by atoms with Gasteiger partial charge in [-0.2, -0.15) is 5.26 Å². The van der Waals surface area contributed by atoms with Gasteiger partial charge in [0.2, 0.25) is 5.91 Å². The first-order valence-corrected chi connectivity index (χ1v) is 5.15. The number of nitrogens with zero attached hydrogens (tertiary/aromatic N) is 2. The standard InChI is InChI=1S/C11H18N2O2/c1-11(2)8-13(10(14)4-5-12)6-9(11)7-15-3/h9H,4,6-8H2,1-3H3. The van der Waals surface area contributed by atoms with Gasteiger partial charge in [0.05, 0.1) is 12.7 Å². The van der Waals surface area contributed by atoms with Crippen molar-refractivity contribution in [2.75, 3.05) is 26.8 Å². The molecule has 0 aromatic heterocycles. The van der Waals surface area contributed by atoms with Crippen molar-refractivity contribution >= 4 is 5.91 Å². The first-order chi connectivity index (χ1) is 7.01. The largest absolute Gasteiger partial charge is 0.384 e. The van der Waals surface area contributed by atoms with Gasteiger partial charge < -0.3 is 9.64 Å². The number of carbonyl (C=O) groups excluding carboxylic acids is 1. The van der Waals surface area contributed by atoms with E-state index in [0.29, 0.717) is 19.1 Å². The van der Waals surface area contributed by atoms with E-state index in [9.17, 15) is 4.79 Å². The van der Waals surface area contributed by atoms with Gasteiger partial charge in [-0.3, -0.25) is 4.79 Å². The minimum atomic E-state index is -0.0656. The van der Waals surface area contributed by atoms with E-state index in [1.807, 2.05) is 6.07 Å². The average Bonchev–Trinajstić information content (AvgIpc) is 2.44. The number of methoxy groups -OCH3 is 1. The number of hydrogen-bond donors (Lipinski definition) is 0. The summed E-state index contributed by atoms with van der Waals surface area (Å²) in [4.78, 5) is 13.3. The summed E-state index contributed by atoms with van der Waals surface area (Å²) in [6.07, 6.45) is -0.0181. The van der Waals surface area contributed by atoms with Gasteiger partial charge in [0.15, 0.2) is 0 Å². The van der Waals surface area contributed by atoms with Gasteiger partial charge in [0.25, 0.3) is 0 Å². The summed E-state index contributed by atoms with van der Waals surface area (Å²) in [6.45, 7) is 6.37. The van der Waals surface area contributed by atoms with Crippen molar-refractivity contribution in [2.24, 2.45) is 11.3 Å². The third-order valence-corrected chi connectivity index (χ3v) is 3.10. The summed E-state index contributed by atoms with van der Waals surface area (Å²) < 4.78 is 5.15. The van der Waals surface area contributed by atoms with Crippen LogP contribution in [0.5, 0.6) is 0 Å². The van der Waals surface area contributed by atoms with Crippen LogP contribution in [0.25, 0.3) is 0 Å². The number of amides is 1. The lowest BCUT2D eigenvalue weighted by molar-refractivity contribution is -0.129. The van der Waals surface area contributed by atoms with Gasteiger partial charge in [-0.1, -0.05) is 13.8 Å². The maximum Gasteiger partial charge on any atom is 0.236 e. The quantitative estimate of drug-likeness (QED) is 0.699. The molecule has 1 aliphatic rings. The van der Waals surface area contributed by atoms with Crippen molar-refractivity contribution in [1.82, 2.24) is 4.90 Å². The van der Waals surface area contributed by atoms with Gasteiger partial charge >= 0.3 is 0 Å². The van der Waals surface area contributed by atoms with E-state index in [-0.39, 0.29) is 17.7 Å². The maximum absolute atomic E-state index is 11.5. The average molecular weight is 210 g/mol. The van der Waals surface area contributed by atoms with Crippen LogP contribution in [-0.2, 0) is 9.53 Å². The van der Waals surface area contributed by atoms with Crippen molar-refractivity contribution < 1.29 is 9.53 Å². The van der Waals surface area contributed by atoms with Crippen LogP contribution >= 0.6 is 0 Å². The molecule has 0 aromatic rings. The van der Waals surface area contributed by atoms with E-state index in [1.54, 1.807) is 12.0 Å². The molecule has 4 heteroatoms. The lowest BCUT2D eigenvalue weighted by Crippen LogP contribution is -2.29. The summed E-state index contributed by atoms with van der Waals surface area (Å²) in [7, 11) is 1.68. The van der Waals surface area contributed by atoms with E-state index < -0.39 is 0 Å². The minimum absolute atomic E-state index is 0.0181. The van der Waals surface area contributed by atoms with E-state index in [0.717, 1.165) is 6.54 Å². The third kappa shape index (κ3) is 2.69. The molecule has 1 fully saturated rings. The highest BCUT2D eigenvalue weighted by molar-refractivity contribution is 5.78. The fraction of sp³-hybridized carbons (Fsp3) is 0.818. The topological polar surface area (TPSA) is 53.3 Å². The van der Waals surface area contributed by atoms with Crippen LogP contribution in [0.4, 0.5) is 0 Å². The summed E-state index contributed by atoms with van der Waals surface area (Å²) in [5.74, 6) is 0.300. The molecule has 1 rings (SSSR count). The molecule has 0 radical (unpaired) electrons. The highest BCUT2D eigenvalue weighted by atomic mass is 16.5. The zero-order chi connectivity index (χ0) is 11.5. The fourth-order valence-electron chi connectivity index (χ4n) is 2.05. The number of rotatable bonds is 3. The second kappa shape index (κ2) is 4.63. The number of likely N-dealkylation sites (tertiary alicyclic amines) is 1. The number of ether oxygens (including phenoxy) is 1. The molecule has 1 aliphatic heterocycles. The zero-order valence-electron chi connectivity index (χ0n) is 9.62. The molecule has 0 bridgehead atoms. The number of carbonyl (C=O) groups is 1. The lowest BCUT2D eigenvalue weighted by atomic mass is 9.83. The molecule has 1 atom stereocenters. The van der Waals surface area contributed by atoms with E-state index in [1.165, 1.54) is 0 Å². The van der Waals surface area contributed by atoms with Crippen LogP contribution in [-0.4, -0.2) is 37.6 Å². The second-order valence-corrected chi connectivity index (χ2v) is 4.75. The van der Waals surface area contributed by atoms with Gasteiger partial charge in [-0.25, -0.2) is 0 Å². The first kappa shape index (κ1) is 12.0. The smallest absolute Gasteiger partial charge is 0.236 e. The Labute approximate surface area is 90.8 Å². The molecule has 1 unspecified atom stereocenters. The highest BCUT2D eigenvalue weighted by Crippen LogP contribution is 2.35. The Hall–Kier alpha value is -1.08.